The quantitative estimate of drug-likeness (QED) is 0.481. The van der Waals surface area contributed by atoms with Crippen molar-refractivity contribution in [3.63, 3.8) is 0 Å². The molecule has 0 saturated heterocycles. The van der Waals surface area contributed by atoms with Gasteiger partial charge < -0.3 is 4.57 Å². The van der Waals surface area contributed by atoms with E-state index in [0.717, 1.165) is 20.5 Å². The predicted octanol–water partition coefficient (Wildman–Crippen LogP) is 4.33. The van der Waals surface area contributed by atoms with Crippen molar-refractivity contribution in [2.24, 2.45) is 17.3 Å². The molecule has 2 aromatic carbocycles. The van der Waals surface area contributed by atoms with Crippen LogP contribution in [0.2, 0.25) is 0 Å². The Morgan fingerprint density at radius 2 is 1.81 bits per heavy atom. The zero-order valence-corrected chi connectivity index (χ0v) is 14.1. The number of thiazole rings is 1. The molecule has 5 heteroatoms. The Morgan fingerprint density at radius 1 is 1.10 bits per heavy atom. The molecule has 3 rings (SSSR count). The van der Waals surface area contributed by atoms with Crippen LogP contribution in [0.25, 0.3) is 10.2 Å². The van der Waals surface area contributed by atoms with Gasteiger partial charge in [-0.3, -0.25) is 0 Å². The second-order valence-electron chi connectivity index (χ2n) is 4.68. The van der Waals surface area contributed by atoms with E-state index in [1.165, 1.54) is 10.2 Å². The molecule has 0 bridgehead atoms. The summed E-state index contributed by atoms with van der Waals surface area (Å²) in [6, 6.07) is 16.3. The zero-order valence-electron chi connectivity index (χ0n) is 11.7. The summed E-state index contributed by atoms with van der Waals surface area (Å²) >= 11 is 5.18. The lowest BCUT2D eigenvalue weighted by Gasteiger charge is -2.00. The third kappa shape index (κ3) is 2.84. The summed E-state index contributed by atoms with van der Waals surface area (Å²) in [5, 5.41) is 8.79. The average Bonchev–Trinajstić information content (AvgIpc) is 2.82. The third-order valence-electron chi connectivity index (χ3n) is 3.26. The van der Waals surface area contributed by atoms with Crippen LogP contribution in [-0.2, 0) is 7.05 Å². The van der Waals surface area contributed by atoms with Gasteiger partial charge in [-0.05, 0) is 25.1 Å². The normalized spacial score (nSPS) is 13.1. The van der Waals surface area contributed by atoms with E-state index < -0.39 is 0 Å². The standard InChI is InChI=1S/C16H14BrN3S/c1-11(12-7-3-4-8-13(12)17)18-19-16-20(2)14-9-5-6-10-15(14)21-16/h3-10H,1-2H3. The Balaban J connectivity index is 2.07. The highest BCUT2D eigenvalue weighted by molar-refractivity contribution is 9.10. The fourth-order valence-corrected chi connectivity index (χ4v) is 3.65. The third-order valence-corrected chi connectivity index (χ3v) is 5.06. The van der Waals surface area contributed by atoms with Crippen molar-refractivity contribution in [1.29, 1.82) is 0 Å². The molecule has 3 nitrogen and oxygen atoms in total. The number of hydrogen-bond acceptors (Lipinski definition) is 3. The molecule has 3 aromatic rings. The SMILES string of the molecule is CC(=NN=c1sc2ccccc2n1C)c1ccccc1Br. The highest BCUT2D eigenvalue weighted by Crippen LogP contribution is 2.17. The second-order valence-corrected chi connectivity index (χ2v) is 6.54. The van der Waals surface area contributed by atoms with Gasteiger partial charge in [0.25, 0.3) is 0 Å². The Bertz CT molecular complexity index is 890. The average molecular weight is 360 g/mol. The first-order chi connectivity index (χ1) is 10.2. The van der Waals surface area contributed by atoms with Gasteiger partial charge in [0.1, 0.15) is 0 Å². The van der Waals surface area contributed by atoms with E-state index in [-0.39, 0.29) is 0 Å². The monoisotopic (exact) mass is 359 g/mol. The Kier molecular flexibility index (Phi) is 4.03. The second kappa shape index (κ2) is 5.95. The van der Waals surface area contributed by atoms with Crippen molar-refractivity contribution in [3.8, 4) is 0 Å². The summed E-state index contributed by atoms with van der Waals surface area (Å²) < 4.78 is 4.31. The minimum atomic E-state index is 0.889. The molecule has 106 valence electrons. The lowest BCUT2D eigenvalue weighted by Crippen LogP contribution is -2.09. The number of para-hydroxylation sites is 1. The lowest BCUT2D eigenvalue weighted by atomic mass is 10.1. The van der Waals surface area contributed by atoms with Crippen molar-refractivity contribution in [2.45, 2.75) is 6.92 Å². The Hall–Kier alpha value is -1.72. The largest absolute Gasteiger partial charge is 0.318 e. The number of nitrogens with zero attached hydrogens (tertiary/aromatic N) is 3. The summed E-state index contributed by atoms with van der Waals surface area (Å²) in [4.78, 5) is 0.891. The molecular weight excluding hydrogens is 346 g/mol. The molecule has 0 atom stereocenters. The molecular formula is C16H14BrN3S. The number of halogens is 1. The van der Waals surface area contributed by atoms with Gasteiger partial charge in [0.05, 0.1) is 15.9 Å². The van der Waals surface area contributed by atoms with Crippen LogP contribution in [-0.4, -0.2) is 10.3 Å². The van der Waals surface area contributed by atoms with E-state index in [1.807, 2.05) is 50.4 Å². The summed E-state index contributed by atoms with van der Waals surface area (Å²) in [6.07, 6.45) is 0. The highest BCUT2D eigenvalue weighted by atomic mass is 79.9. The van der Waals surface area contributed by atoms with Crippen LogP contribution in [0.1, 0.15) is 12.5 Å². The Labute approximate surface area is 135 Å². The number of rotatable bonds is 2. The Morgan fingerprint density at radius 3 is 2.57 bits per heavy atom. The van der Waals surface area contributed by atoms with E-state index in [2.05, 4.69) is 42.8 Å². The van der Waals surface area contributed by atoms with Gasteiger partial charge in [0, 0.05) is 17.1 Å². The smallest absolute Gasteiger partial charge is 0.211 e. The van der Waals surface area contributed by atoms with Crippen LogP contribution >= 0.6 is 27.3 Å². The predicted molar refractivity (Wildman–Crippen MR) is 92.7 cm³/mol. The van der Waals surface area contributed by atoms with Crippen molar-refractivity contribution in [2.75, 3.05) is 0 Å². The fraction of sp³-hybridized carbons (Fsp3) is 0.125. The molecule has 1 aromatic heterocycles. The van der Waals surface area contributed by atoms with Crippen molar-refractivity contribution in [3.05, 3.63) is 63.4 Å². The van der Waals surface area contributed by atoms with E-state index in [9.17, 15) is 0 Å². The van der Waals surface area contributed by atoms with Gasteiger partial charge in [-0.2, -0.15) is 5.10 Å². The maximum atomic E-state index is 4.41. The molecule has 0 N–H and O–H groups in total. The van der Waals surface area contributed by atoms with Crippen molar-refractivity contribution >= 4 is 43.2 Å². The molecule has 0 aliphatic rings. The molecule has 0 aliphatic carbocycles. The van der Waals surface area contributed by atoms with Crippen LogP contribution in [0.4, 0.5) is 0 Å². The maximum Gasteiger partial charge on any atom is 0.211 e. The molecule has 0 amide bonds. The zero-order chi connectivity index (χ0) is 14.8. The lowest BCUT2D eigenvalue weighted by molar-refractivity contribution is 0.888. The minimum Gasteiger partial charge on any atom is -0.318 e. The van der Waals surface area contributed by atoms with Crippen molar-refractivity contribution < 1.29 is 0 Å². The molecule has 0 spiro atoms. The summed E-state index contributed by atoms with van der Waals surface area (Å²) in [5.74, 6) is 0. The first kappa shape index (κ1) is 14.2. The first-order valence-electron chi connectivity index (χ1n) is 6.54. The van der Waals surface area contributed by atoms with Gasteiger partial charge >= 0.3 is 0 Å². The molecule has 0 radical (unpaired) electrons. The van der Waals surface area contributed by atoms with Gasteiger partial charge in [-0.15, -0.1) is 5.10 Å². The number of fused-ring (bicyclic) bond motifs is 1. The molecule has 0 unspecified atom stereocenters. The van der Waals surface area contributed by atoms with Crippen LogP contribution in [0.15, 0.2) is 63.2 Å². The van der Waals surface area contributed by atoms with Crippen LogP contribution in [0, 0.1) is 0 Å². The van der Waals surface area contributed by atoms with Crippen molar-refractivity contribution in [1.82, 2.24) is 4.57 Å². The van der Waals surface area contributed by atoms with Gasteiger partial charge in [0.2, 0.25) is 4.80 Å². The molecule has 1 heterocycles. The van der Waals surface area contributed by atoms with Crippen LogP contribution in [0.3, 0.4) is 0 Å². The maximum absolute atomic E-state index is 4.41. The van der Waals surface area contributed by atoms with Gasteiger partial charge in [-0.25, -0.2) is 0 Å². The molecule has 21 heavy (non-hydrogen) atoms. The number of benzene rings is 2. The summed E-state index contributed by atoms with van der Waals surface area (Å²) in [5.41, 5.74) is 3.12. The number of aryl methyl sites for hydroxylation is 1. The first-order valence-corrected chi connectivity index (χ1v) is 8.15. The van der Waals surface area contributed by atoms with E-state index in [0.29, 0.717) is 0 Å². The minimum absolute atomic E-state index is 0.889. The van der Waals surface area contributed by atoms with E-state index in [1.54, 1.807) is 11.3 Å². The van der Waals surface area contributed by atoms with E-state index >= 15 is 0 Å². The van der Waals surface area contributed by atoms with Crippen LogP contribution in [0.5, 0.6) is 0 Å². The topological polar surface area (TPSA) is 29.6 Å². The van der Waals surface area contributed by atoms with Gasteiger partial charge in [-0.1, -0.05) is 57.6 Å². The fourth-order valence-electron chi connectivity index (χ4n) is 2.10. The molecule has 0 aliphatic heterocycles. The van der Waals surface area contributed by atoms with Gasteiger partial charge in [0.15, 0.2) is 0 Å². The summed E-state index contributed by atoms with van der Waals surface area (Å²) in [6.45, 7) is 1.97. The number of hydrogen-bond donors (Lipinski definition) is 0. The highest BCUT2D eigenvalue weighted by Gasteiger charge is 2.03. The molecule has 0 fully saturated rings. The van der Waals surface area contributed by atoms with E-state index in [4.69, 9.17) is 0 Å². The molecule has 0 saturated carbocycles. The summed E-state index contributed by atoms with van der Waals surface area (Å²) in [7, 11) is 2.01. The van der Waals surface area contributed by atoms with Crippen LogP contribution < -0.4 is 4.80 Å². The number of aromatic nitrogens is 1.